The Hall–Kier alpha value is -1.06. The summed E-state index contributed by atoms with van der Waals surface area (Å²) in [5, 5.41) is 4.92. The van der Waals surface area contributed by atoms with E-state index in [2.05, 4.69) is 5.10 Å². The first-order chi connectivity index (χ1) is 8.29. The van der Waals surface area contributed by atoms with E-state index in [0.717, 1.165) is 5.56 Å². The van der Waals surface area contributed by atoms with E-state index in [4.69, 9.17) is 23.2 Å². The van der Waals surface area contributed by atoms with Crippen LogP contribution in [0.3, 0.4) is 0 Å². The Bertz CT molecular complexity index is 562. The predicted octanol–water partition coefficient (Wildman–Crippen LogP) is 4.69. The molecule has 0 unspecified atom stereocenters. The zero-order valence-electron chi connectivity index (χ0n) is 10.3. The van der Waals surface area contributed by atoms with Gasteiger partial charge in [0, 0.05) is 6.20 Å². The number of aromatic nitrogens is 2. The Kier molecular flexibility index (Phi) is 3.39. The molecule has 0 aliphatic heterocycles. The number of halogens is 3. The third kappa shape index (κ3) is 2.52. The number of hydrogen-bond acceptors (Lipinski definition) is 1. The number of benzene rings is 1. The highest BCUT2D eigenvalue weighted by Crippen LogP contribution is 2.35. The third-order valence-corrected chi connectivity index (χ3v) is 3.22. The Morgan fingerprint density at radius 3 is 2.17 bits per heavy atom. The molecule has 2 rings (SSSR count). The van der Waals surface area contributed by atoms with Crippen molar-refractivity contribution in [3.05, 3.63) is 45.7 Å². The molecule has 1 aromatic carbocycles. The summed E-state index contributed by atoms with van der Waals surface area (Å²) in [6.07, 6.45) is 3.52. The van der Waals surface area contributed by atoms with Crippen molar-refractivity contribution in [2.75, 3.05) is 0 Å². The van der Waals surface area contributed by atoms with Crippen molar-refractivity contribution in [2.45, 2.75) is 26.4 Å². The molecule has 96 valence electrons. The molecule has 0 amide bonds. The maximum Gasteiger partial charge on any atom is 0.130 e. The SMILES string of the molecule is Cc1cnn(-c2c(Cl)cc(C(C)(C)F)cc2Cl)c1. The molecule has 1 heterocycles. The Morgan fingerprint density at radius 2 is 1.78 bits per heavy atom. The molecule has 1 aromatic heterocycles. The van der Waals surface area contributed by atoms with E-state index in [1.54, 1.807) is 23.0 Å². The van der Waals surface area contributed by atoms with Crippen molar-refractivity contribution in [3.63, 3.8) is 0 Å². The summed E-state index contributed by atoms with van der Waals surface area (Å²) in [7, 11) is 0. The van der Waals surface area contributed by atoms with E-state index < -0.39 is 5.67 Å². The molecule has 5 heteroatoms. The summed E-state index contributed by atoms with van der Waals surface area (Å²) >= 11 is 12.3. The molecular formula is C13H13Cl2FN2. The van der Waals surface area contributed by atoms with Gasteiger partial charge in [0.2, 0.25) is 0 Å². The third-order valence-electron chi connectivity index (χ3n) is 2.64. The second kappa shape index (κ2) is 4.56. The number of aryl methyl sites for hydroxylation is 1. The lowest BCUT2D eigenvalue weighted by molar-refractivity contribution is 0.221. The van der Waals surface area contributed by atoms with Crippen LogP contribution < -0.4 is 0 Å². The second-order valence-electron chi connectivity index (χ2n) is 4.72. The summed E-state index contributed by atoms with van der Waals surface area (Å²) < 4.78 is 15.5. The van der Waals surface area contributed by atoms with Crippen LogP contribution in [0.15, 0.2) is 24.5 Å². The number of hydrogen-bond donors (Lipinski definition) is 0. The largest absolute Gasteiger partial charge is 0.239 e. The number of alkyl halides is 1. The molecule has 0 saturated carbocycles. The summed E-state index contributed by atoms with van der Waals surface area (Å²) in [5.41, 5.74) is 0.535. The van der Waals surface area contributed by atoms with Gasteiger partial charge in [0.15, 0.2) is 0 Å². The van der Waals surface area contributed by atoms with Gasteiger partial charge < -0.3 is 0 Å². The molecule has 2 nitrogen and oxygen atoms in total. The lowest BCUT2D eigenvalue weighted by Crippen LogP contribution is -2.10. The molecule has 0 N–H and O–H groups in total. The highest BCUT2D eigenvalue weighted by Gasteiger charge is 2.22. The first-order valence-electron chi connectivity index (χ1n) is 5.49. The van der Waals surface area contributed by atoms with Gasteiger partial charge >= 0.3 is 0 Å². The van der Waals surface area contributed by atoms with Crippen LogP contribution in [0.4, 0.5) is 4.39 Å². The zero-order chi connectivity index (χ0) is 13.5. The first kappa shape index (κ1) is 13.4. The Balaban J connectivity index is 2.58. The number of nitrogens with zero attached hydrogens (tertiary/aromatic N) is 2. The van der Waals surface area contributed by atoms with Crippen LogP contribution in [0.2, 0.25) is 10.0 Å². The van der Waals surface area contributed by atoms with Crippen LogP contribution in [0, 0.1) is 6.92 Å². The molecule has 0 radical (unpaired) electrons. The fourth-order valence-electron chi connectivity index (χ4n) is 1.66. The van der Waals surface area contributed by atoms with E-state index in [0.29, 0.717) is 21.3 Å². The Labute approximate surface area is 115 Å². The average molecular weight is 287 g/mol. The van der Waals surface area contributed by atoms with Gasteiger partial charge in [0.1, 0.15) is 11.4 Å². The monoisotopic (exact) mass is 286 g/mol. The fraction of sp³-hybridized carbons (Fsp3) is 0.308. The van der Waals surface area contributed by atoms with E-state index in [1.807, 2.05) is 13.1 Å². The molecule has 0 aliphatic rings. The predicted molar refractivity (Wildman–Crippen MR) is 72.5 cm³/mol. The molecular weight excluding hydrogens is 274 g/mol. The van der Waals surface area contributed by atoms with Crippen molar-refractivity contribution in [3.8, 4) is 5.69 Å². The lowest BCUT2D eigenvalue weighted by atomic mass is 10.00. The van der Waals surface area contributed by atoms with Crippen molar-refractivity contribution in [1.82, 2.24) is 9.78 Å². The molecule has 2 aromatic rings. The zero-order valence-corrected chi connectivity index (χ0v) is 11.8. The first-order valence-corrected chi connectivity index (χ1v) is 6.24. The molecule has 18 heavy (non-hydrogen) atoms. The molecule has 0 fully saturated rings. The van der Waals surface area contributed by atoms with Crippen LogP contribution in [0.25, 0.3) is 5.69 Å². The quantitative estimate of drug-likeness (QED) is 0.783. The van der Waals surface area contributed by atoms with Crippen molar-refractivity contribution >= 4 is 23.2 Å². The van der Waals surface area contributed by atoms with Crippen LogP contribution in [-0.4, -0.2) is 9.78 Å². The minimum atomic E-state index is -1.48. The van der Waals surface area contributed by atoms with E-state index >= 15 is 0 Å². The second-order valence-corrected chi connectivity index (χ2v) is 5.54. The Morgan fingerprint density at radius 1 is 1.22 bits per heavy atom. The molecule has 0 bridgehead atoms. The van der Waals surface area contributed by atoms with Crippen LogP contribution in [0.5, 0.6) is 0 Å². The topological polar surface area (TPSA) is 17.8 Å². The average Bonchev–Trinajstić information content (AvgIpc) is 2.62. The maximum absolute atomic E-state index is 13.9. The van der Waals surface area contributed by atoms with Crippen LogP contribution in [0.1, 0.15) is 25.0 Å². The van der Waals surface area contributed by atoms with Gasteiger partial charge in [0.25, 0.3) is 0 Å². The van der Waals surface area contributed by atoms with Gasteiger partial charge in [-0.1, -0.05) is 23.2 Å². The minimum Gasteiger partial charge on any atom is -0.239 e. The van der Waals surface area contributed by atoms with Gasteiger partial charge in [-0.3, -0.25) is 0 Å². The van der Waals surface area contributed by atoms with Crippen molar-refractivity contribution in [1.29, 1.82) is 0 Å². The van der Waals surface area contributed by atoms with Crippen LogP contribution >= 0.6 is 23.2 Å². The van der Waals surface area contributed by atoms with E-state index in [-0.39, 0.29) is 0 Å². The van der Waals surface area contributed by atoms with Gasteiger partial charge in [-0.15, -0.1) is 0 Å². The summed E-state index contributed by atoms with van der Waals surface area (Å²) in [5.74, 6) is 0. The highest BCUT2D eigenvalue weighted by molar-refractivity contribution is 6.37. The van der Waals surface area contributed by atoms with Crippen molar-refractivity contribution in [2.24, 2.45) is 0 Å². The maximum atomic E-state index is 13.9. The summed E-state index contributed by atoms with van der Waals surface area (Å²) in [6.45, 7) is 4.85. The van der Waals surface area contributed by atoms with Crippen LogP contribution in [-0.2, 0) is 5.67 Å². The standard InChI is InChI=1S/C13H13Cl2FN2/c1-8-6-17-18(7-8)12-10(14)4-9(5-11(12)15)13(2,3)16/h4-7H,1-3H3. The van der Waals surface area contributed by atoms with Gasteiger partial charge in [-0.2, -0.15) is 5.10 Å². The highest BCUT2D eigenvalue weighted by atomic mass is 35.5. The smallest absolute Gasteiger partial charge is 0.130 e. The van der Waals surface area contributed by atoms with Gasteiger partial charge in [-0.25, -0.2) is 9.07 Å². The lowest BCUT2D eigenvalue weighted by Gasteiger charge is -2.17. The number of rotatable bonds is 2. The van der Waals surface area contributed by atoms with Gasteiger partial charge in [-0.05, 0) is 44.0 Å². The molecule has 0 saturated heterocycles. The summed E-state index contributed by atoms with van der Waals surface area (Å²) in [4.78, 5) is 0. The van der Waals surface area contributed by atoms with E-state index in [1.165, 1.54) is 13.8 Å². The van der Waals surface area contributed by atoms with E-state index in [9.17, 15) is 4.39 Å². The van der Waals surface area contributed by atoms with Crippen molar-refractivity contribution < 1.29 is 4.39 Å². The fourth-order valence-corrected chi connectivity index (χ4v) is 2.32. The molecule has 0 spiro atoms. The normalized spacial score (nSPS) is 11.9. The minimum absolute atomic E-state index is 0.381. The molecule has 0 atom stereocenters. The molecule has 0 aliphatic carbocycles. The van der Waals surface area contributed by atoms with Gasteiger partial charge in [0.05, 0.1) is 16.2 Å². The summed E-state index contributed by atoms with van der Waals surface area (Å²) in [6, 6.07) is 3.17.